The Morgan fingerprint density at radius 2 is 1.35 bits per heavy atom. The fourth-order valence-electron chi connectivity index (χ4n) is 2.41. The first-order valence-electron chi connectivity index (χ1n) is 9.30. The molecule has 2 rings (SSSR count). The predicted octanol–water partition coefficient (Wildman–Crippen LogP) is 5.04. The minimum absolute atomic E-state index is 0.0895. The van der Waals surface area contributed by atoms with Gasteiger partial charge in [0.25, 0.3) is 11.8 Å². The molecule has 0 saturated carbocycles. The zero-order valence-corrected chi connectivity index (χ0v) is 18.5. The Hall–Kier alpha value is -2.86. The molecule has 0 heterocycles. The van der Waals surface area contributed by atoms with Gasteiger partial charge >= 0.3 is 12.4 Å². The Kier molecular flexibility index (Phi) is 9.28. The number of nitrogens with one attached hydrogen (secondary N) is 2. The van der Waals surface area contributed by atoms with Crippen molar-refractivity contribution in [3.05, 3.63) is 57.6 Å². The standard InChI is InChI=1S/C20H16Cl2F6N2O4/c21-14-3-1-11(7-15(14)22)17(31)29-5-6-30-18(32)13-8-12(33-9-19(23,24)25)2-4-16(13)34-10-20(26,27)28/h1-4,7-8H,5-6,9-10H2,(H,29,31)(H,30,32). The smallest absolute Gasteiger partial charge is 0.422 e. The van der Waals surface area contributed by atoms with Crippen molar-refractivity contribution < 1.29 is 45.4 Å². The summed E-state index contributed by atoms with van der Waals surface area (Å²) in [5.74, 6) is -2.42. The Balaban J connectivity index is 2.02. The average Bonchev–Trinajstić information content (AvgIpc) is 2.74. The van der Waals surface area contributed by atoms with E-state index in [1.54, 1.807) is 0 Å². The quantitative estimate of drug-likeness (QED) is 0.350. The summed E-state index contributed by atoms with van der Waals surface area (Å²) in [6.07, 6.45) is -9.38. The van der Waals surface area contributed by atoms with Gasteiger partial charge in [0, 0.05) is 18.7 Å². The van der Waals surface area contributed by atoms with Gasteiger partial charge in [-0.3, -0.25) is 9.59 Å². The van der Waals surface area contributed by atoms with Crippen molar-refractivity contribution in [2.75, 3.05) is 26.3 Å². The van der Waals surface area contributed by atoms with Crippen molar-refractivity contribution in [3.8, 4) is 11.5 Å². The number of halogens is 8. The van der Waals surface area contributed by atoms with E-state index in [4.69, 9.17) is 23.2 Å². The second-order valence-electron chi connectivity index (χ2n) is 6.61. The molecule has 0 aliphatic heterocycles. The van der Waals surface area contributed by atoms with Crippen LogP contribution in [0.2, 0.25) is 10.0 Å². The van der Waals surface area contributed by atoms with Crippen LogP contribution >= 0.6 is 23.2 Å². The number of hydrogen-bond donors (Lipinski definition) is 2. The van der Waals surface area contributed by atoms with Crippen LogP contribution in [0.1, 0.15) is 20.7 Å². The molecule has 0 spiro atoms. The molecule has 34 heavy (non-hydrogen) atoms. The zero-order chi connectivity index (χ0) is 25.5. The normalized spacial score (nSPS) is 11.6. The zero-order valence-electron chi connectivity index (χ0n) is 16.9. The van der Waals surface area contributed by atoms with Crippen molar-refractivity contribution in [3.63, 3.8) is 0 Å². The maximum atomic E-state index is 12.5. The van der Waals surface area contributed by atoms with Crippen molar-refractivity contribution in [1.82, 2.24) is 10.6 Å². The van der Waals surface area contributed by atoms with Gasteiger partial charge in [0.2, 0.25) is 0 Å². The van der Waals surface area contributed by atoms with Crippen LogP contribution in [0.15, 0.2) is 36.4 Å². The summed E-state index contributed by atoms with van der Waals surface area (Å²) in [7, 11) is 0. The second kappa shape index (κ2) is 11.5. The lowest BCUT2D eigenvalue weighted by molar-refractivity contribution is -0.154. The van der Waals surface area contributed by atoms with E-state index in [1.807, 2.05) is 0 Å². The minimum Gasteiger partial charge on any atom is -0.484 e. The van der Waals surface area contributed by atoms with Crippen molar-refractivity contribution >= 4 is 35.0 Å². The van der Waals surface area contributed by atoms with Gasteiger partial charge in [-0.15, -0.1) is 0 Å². The van der Waals surface area contributed by atoms with E-state index in [1.165, 1.54) is 18.2 Å². The summed E-state index contributed by atoms with van der Waals surface area (Å²) in [6, 6.07) is 6.80. The van der Waals surface area contributed by atoms with E-state index in [0.29, 0.717) is 0 Å². The van der Waals surface area contributed by atoms with Crippen LogP contribution in [0.5, 0.6) is 11.5 Å². The third kappa shape index (κ3) is 9.18. The largest absolute Gasteiger partial charge is 0.484 e. The molecule has 0 fully saturated rings. The number of rotatable bonds is 9. The maximum absolute atomic E-state index is 12.5. The second-order valence-corrected chi connectivity index (χ2v) is 7.42. The van der Waals surface area contributed by atoms with E-state index in [9.17, 15) is 35.9 Å². The molecule has 2 amide bonds. The Labute approximate surface area is 199 Å². The van der Waals surface area contributed by atoms with Crippen LogP contribution in [0.3, 0.4) is 0 Å². The summed E-state index contributed by atoms with van der Waals surface area (Å²) in [5.41, 5.74) is -0.294. The molecule has 2 aromatic rings. The monoisotopic (exact) mass is 532 g/mol. The highest BCUT2D eigenvalue weighted by molar-refractivity contribution is 6.42. The van der Waals surface area contributed by atoms with E-state index in [0.717, 1.165) is 18.2 Å². The predicted molar refractivity (Wildman–Crippen MR) is 111 cm³/mol. The first-order valence-corrected chi connectivity index (χ1v) is 10.1. The average molecular weight is 533 g/mol. The lowest BCUT2D eigenvalue weighted by Gasteiger charge is -2.15. The van der Waals surface area contributed by atoms with Crippen LogP contribution in [0, 0.1) is 0 Å². The van der Waals surface area contributed by atoms with E-state index in [2.05, 4.69) is 20.1 Å². The molecule has 0 radical (unpaired) electrons. The van der Waals surface area contributed by atoms with Crippen molar-refractivity contribution in [1.29, 1.82) is 0 Å². The van der Waals surface area contributed by atoms with E-state index in [-0.39, 0.29) is 28.7 Å². The molecule has 0 unspecified atom stereocenters. The van der Waals surface area contributed by atoms with Crippen molar-refractivity contribution in [2.24, 2.45) is 0 Å². The number of ether oxygens (including phenoxy) is 2. The fraction of sp³-hybridized carbons (Fsp3) is 0.300. The molecular weight excluding hydrogens is 517 g/mol. The molecular formula is C20H16Cl2F6N2O4. The Bertz CT molecular complexity index is 1030. The molecule has 0 bridgehead atoms. The fourth-order valence-corrected chi connectivity index (χ4v) is 2.71. The van der Waals surface area contributed by atoms with Gasteiger partial charge in [-0.1, -0.05) is 23.2 Å². The first kappa shape index (κ1) is 27.4. The van der Waals surface area contributed by atoms with Crippen LogP contribution in [0.4, 0.5) is 26.3 Å². The summed E-state index contributed by atoms with van der Waals surface area (Å²) in [5, 5.41) is 5.20. The lowest BCUT2D eigenvalue weighted by Crippen LogP contribution is -2.35. The molecule has 0 atom stereocenters. The van der Waals surface area contributed by atoms with Gasteiger partial charge in [0.1, 0.15) is 11.5 Å². The van der Waals surface area contributed by atoms with Crippen LogP contribution < -0.4 is 20.1 Å². The van der Waals surface area contributed by atoms with Gasteiger partial charge in [0.15, 0.2) is 13.2 Å². The molecule has 186 valence electrons. The summed E-state index contributed by atoms with van der Waals surface area (Å²) in [4.78, 5) is 24.5. The van der Waals surface area contributed by atoms with Gasteiger partial charge in [-0.05, 0) is 36.4 Å². The van der Waals surface area contributed by atoms with E-state index < -0.39 is 54.4 Å². The third-order valence-electron chi connectivity index (χ3n) is 3.87. The van der Waals surface area contributed by atoms with Gasteiger partial charge < -0.3 is 20.1 Å². The number of carbonyl (C=O) groups is 2. The highest BCUT2D eigenvalue weighted by Gasteiger charge is 2.30. The SMILES string of the molecule is O=C(NCCNC(=O)c1cc(OCC(F)(F)F)ccc1OCC(F)(F)F)c1ccc(Cl)c(Cl)c1. The lowest BCUT2D eigenvalue weighted by atomic mass is 10.1. The summed E-state index contributed by atoms with van der Waals surface area (Å²) < 4.78 is 83.7. The molecule has 14 heteroatoms. The highest BCUT2D eigenvalue weighted by atomic mass is 35.5. The van der Waals surface area contributed by atoms with Gasteiger partial charge in [-0.2, -0.15) is 26.3 Å². The third-order valence-corrected chi connectivity index (χ3v) is 4.61. The minimum atomic E-state index is -4.71. The molecule has 6 nitrogen and oxygen atoms in total. The molecule has 0 saturated heterocycles. The molecule has 0 aliphatic carbocycles. The summed E-state index contributed by atoms with van der Waals surface area (Å²) >= 11 is 11.6. The maximum Gasteiger partial charge on any atom is 0.422 e. The topological polar surface area (TPSA) is 76.7 Å². The highest BCUT2D eigenvalue weighted by Crippen LogP contribution is 2.28. The van der Waals surface area contributed by atoms with Gasteiger partial charge in [0.05, 0.1) is 15.6 Å². The van der Waals surface area contributed by atoms with Crippen LogP contribution in [-0.2, 0) is 0 Å². The number of benzene rings is 2. The molecule has 2 N–H and O–H groups in total. The van der Waals surface area contributed by atoms with Crippen LogP contribution in [0.25, 0.3) is 0 Å². The number of amides is 2. The number of hydrogen-bond acceptors (Lipinski definition) is 4. The van der Waals surface area contributed by atoms with Crippen molar-refractivity contribution in [2.45, 2.75) is 12.4 Å². The van der Waals surface area contributed by atoms with Crippen LogP contribution in [-0.4, -0.2) is 50.5 Å². The summed E-state index contributed by atoms with van der Waals surface area (Å²) in [6.45, 7) is -3.65. The molecule has 2 aromatic carbocycles. The first-order chi connectivity index (χ1) is 15.7. The number of alkyl halides is 6. The Morgan fingerprint density at radius 1 is 0.765 bits per heavy atom. The Morgan fingerprint density at radius 3 is 1.94 bits per heavy atom. The molecule has 0 aliphatic rings. The molecule has 0 aromatic heterocycles. The number of carbonyl (C=O) groups excluding carboxylic acids is 2. The van der Waals surface area contributed by atoms with Gasteiger partial charge in [-0.25, -0.2) is 0 Å². The van der Waals surface area contributed by atoms with E-state index >= 15 is 0 Å².